The van der Waals surface area contributed by atoms with Crippen molar-refractivity contribution in [2.45, 2.75) is 6.54 Å². The summed E-state index contributed by atoms with van der Waals surface area (Å²) in [5.41, 5.74) is 2.03. The van der Waals surface area contributed by atoms with Gasteiger partial charge in [0.05, 0.1) is 0 Å². The van der Waals surface area contributed by atoms with Crippen molar-refractivity contribution in [3.63, 3.8) is 0 Å². The van der Waals surface area contributed by atoms with E-state index in [0.29, 0.717) is 11.1 Å². The molecule has 0 spiro atoms. The second-order valence-electron chi connectivity index (χ2n) is 5.36. The van der Waals surface area contributed by atoms with Gasteiger partial charge in [-0.25, -0.2) is 14.2 Å². The molecule has 1 N–H and O–H groups in total. The molecular formula is C19H15FN2O4. The number of oxazole rings is 1. The number of rotatable bonds is 6. The molecule has 1 aromatic heterocycles. The molecule has 0 aliphatic rings. The smallest absolute Gasteiger partial charge is 0.331 e. The van der Waals surface area contributed by atoms with E-state index in [9.17, 15) is 14.0 Å². The molecule has 7 heteroatoms. The van der Waals surface area contributed by atoms with Crippen molar-refractivity contribution in [1.29, 1.82) is 0 Å². The van der Waals surface area contributed by atoms with Crippen LogP contribution in [0.15, 0.2) is 59.0 Å². The first-order chi connectivity index (χ1) is 12.6. The summed E-state index contributed by atoms with van der Waals surface area (Å²) in [6.45, 7) is -0.201. The summed E-state index contributed by atoms with van der Waals surface area (Å²) in [7, 11) is 0. The Morgan fingerprint density at radius 2 is 1.92 bits per heavy atom. The third-order valence-corrected chi connectivity index (χ3v) is 3.42. The number of hydrogen-bond acceptors (Lipinski definition) is 5. The zero-order chi connectivity index (χ0) is 18.4. The molecular weight excluding hydrogens is 339 g/mol. The van der Waals surface area contributed by atoms with Crippen LogP contribution in [0.5, 0.6) is 0 Å². The number of nitrogens with zero attached hydrogens (tertiary/aromatic N) is 1. The Morgan fingerprint density at radius 1 is 1.15 bits per heavy atom. The monoisotopic (exact) mass is 354 g/mol. The van der Waals surface area contributed by atoms with E-state index < -0.39 is 18.5 Å². The van der Waals surface area contributed by atoms with E-state index >= 15 is 0 Å². The van der Waals surface area contributed by atoms with E-state index in [4.69, 9.17) is 9.15 Å². The van der Waals surface area contributed by atoms with E-state index in [2.05, 4.69) is 10.3 Å². The van der Waals surface area contributed by atoms with Crippen molar-refractivity contribution in [3.8, 4) is 0 Å². The highest BCUT2D eigenvalue weighted by atomic mass is 19.1. The molecule has 3 aromatic rings. The van der Waals surface area contributed by atoms with Gasteiger partial charge in [0.15, 0.2) is 12.2 Å². The van der Waals surface area contributed by atoms with Gasteiger partial charge in [0, 0.05) is 18.7 Å². The lowest BCUT2D eigenvalue weighted by Crippen LogP contribution is -2.28. The van der Waals surface area contributed by atoms with Crippen LogP contribution in [0.4, 0.5) is 4.39 Å². The van der Waals surface area contributed by atoms with Crippen LogP contribution >= 0.6 is 0 Å². The number of fused-ring (bicyclic) bond motifs is 1. The second kappa shape index (κ2) is 8.06. The minimum Gasteiger partial charge on any atom is -0.452 e. The first kappa shape index (κ1) is 17.3. The maximum Gasteiger partial charge on any atom is 0.331 e. The van der Waals surface area contributed by atoms with E-state index in [1.54, 1.807) is 24.3 Å². The number of carbonyl (C=O) groups excluding carboxylic acids is 2. The summed E-state index contributed by atoms with van der Waals surface area (Å²) in [5, 5.41) is 2.57. The Balaban J connectivity index is 1.44. The van der Waals surface area contributed by atoms with Gasteiger partial charge in [-0.1, -0.05) is 24.3 Å². The van der Waals surface area contributed by atoms with Crippen LogP contribution in [0.25, 0.3) is 17.2 Å². The van der Waals surface area contributed by atoms with Gasteiger partial charge in [-0.15, -0.1) is 0 Å². The molecule has 0 fully saturated rings. The molecule has 1 amide bonds. The molecule has 0 saturated carbocycles. The first-order valence-electron chi connectivity index (χ1n) is 7.82. The summed E-state index contributed by atoms with van der Waals surface area (Å²) in [4.78, 5) is 27.5. The molecule has 3 rings (SSSR count). The van der Waals surface area contributed by atoms with Crippen molar-refractivity contribution in [2.24, 2.45) is 0 Å². The fourth-order valence-electron chi connectivity index (χ4n) is 2.14. The van der Waals surface area contributed by atoms with Crippen LogP contribution in [-0.4, -0.2) is 23.5 Å². The highest BCUT2D eigenvalue weighted by molar-refractivity contribution is 5.89. The SMILES string of the molecule is O=C(COC(=O)/C=C/c1nc2ccccc2o1)NCc1ccc(F)cc1. The van der Waals surface area contributed by atoms with Gasteiger partial charge in [0.2, 0.25) is 5.89 Å². The number of carbonyl (C=O) groups is 2. The van der Waals surface area contributed by atoms with E-state index in [0.717, 1.165) is 11.6 Å². The van der Waals surface area contributed by atoms with Gasteiger partial charge in [0.25, 0.3) is 5.91 Å². The fraction of sp³-hybridized carbons (Fsp3) is 0.105. The quantitative estimate of drug-likeness (QED) is 0.544. The van der Waals surface area contributed by atoms with Crippen LogP contribution in [0.2, 0.25) is 0 Å². The number of nitrogens with one attached hydrogen (secondary N) is 1. The number of halogens is 1. The number of benzene rings is 2. The highest BCUT2D eigenvalue weighted by Gasteiger charge is 2.06. The molecule has 2 aromatic carbocycles. The molecule has 0 aliphatic carbocycles. The largest absolute Gasteiger partial charge is 0.452 e. The van der Waals surface area contributed by atoms with Gasteiger partial charge in [-0.3, -0.25) is 4.79 Å². The minimum absolute atomic E-state index is 0.218. The minimum atomic E-state index is -0.691. The van der Waals surface area contributed by atoms with E-state index in [1.807, 2.05) is 12.1 Å². The van der Waals surface area contributed by atoms with Crippen LogP contribution < -0.4 is 5.32 Å². The van der Waals surface area contributed by atoms with Gasteiger partial charge in [-0.05, 0) is 29.8 Å². The molecule has 0 bridgehead atoms. The predicted molar refractivity (Wildman–Crippen MR) is 92.2 cm³/mol. The van der Waals surface area contributed by atoms with Gasteiger partial charge in [-0.2, -0.15) is 0 Å². The van der Waals surface area contributed by atoms with Crippen LogP contribution in [0.3, 0.4) is 0 Å². The molecule has 6 nitrogen and oxygen atoms in total. The average molecular weight is 354 g/mol. The lowest BCUT2D eigenvalue weighted by atomic mass is 10.2. The maximum absolute atomic E-state index is 12.8. The third kappa shape index (κ3) is 4.76. The number of aromatic nitrogens is 1. The summed E-state index contributed by atoms with van der Waals surface area (Å²) < 4.78 is 23.1. The predicted octanol–water partition coefficient (Wildman–Crippen LogP) is 2.84. The number of para-hydroxylation sites is 2. The van der Waals surface area contributed by atoms with Crippen molar-refractivity contribution < 1.29 is 23.1 Å². The molecule has 1 heterocycles. The van der Waals surface area contributed by atoms with E-state index in [1.165, 1.54) is 18.2 Å². The number of hydrogen-bond donors (Lipinski definition) is 1. The third-order valence-electron chi connectivity index (χ3n) is 3.42. The van der Waals surface area contributed by atoms with Crippen LogP contribution in [0.1, 0.15) is 11.5 Å². The standard InChI is InChI=1S/C19H15FN2O4/c20-14-7-5-13(6-8-14)11-21-17(23)12-25-19(24)10-9-18-22-15-3-1-2-4-16(15)26-18/h1-10H,11-12H2,(H,21,23)/b10-9+. The average Bonchev–Trinajstić information content (AvgIpc) is 3.07. The zero-order valence-electron chi connectivity index (χ0n) is 13.6. The van der Waals surface area contributed by atoms with Crippen molar-refractivity contribution >= 4 is 29.1 Å². The van der Waals surface area contributed by atoms with Crippen molar-refractivity contribution in [1.82, 2.24) is 10.3 Å². The lowest BCUT2D eigenvalue weighted by Gasteiger charge is -2.05. The molecule has 0 aliphatic heterocycles. The maximum atomic E-state index is 12.8. The fourth-order valence-corrected chi connectivity index (χ4v) is 2.14. The summed E-state index contributed by atoms with van der Waals surface area (Å²) in [6.07, 6.45) is 2.51. The molecule has 132 valence electrons. The van der Waals surface area contributed by atoms with E-state index in [-0.39, 0.29) is 18.3 Å². The van der Waals surface area contributed by atoms with Crippen LogP contribution in [0, 0.1) is 5.82 Å². The second-order valence-corrected chi connectivity index (χ2v) is 5.36. The first-order valence-corrected chi connectivity index (χ1v) is 7.82. The molecule has 26 heavy (non-hydrogen) atoms. The summed E-state index contributed by atoms with van der Waals surface area (Å²) in [6, 6.07) is 12.9. The molecule has 0 radical (unpaired) electrons. The van der Waals surface area contributed by atoms with Gasteiger partial charge < -0.3 is 14.5 Å². The Morgan fingerprint density at radius 3 is 2.69 bits per heavy atom. The summed E-state index contributed by atoms with van der Waals surface area (Å²) in [5.74, 6) is -1.23. The highest BCUT2D eigenvalue weighted by Crippen LogP contribution is 2.15. The number of esters is 1. The Kier molecular flexibility index (Phi) is 5.38. The molecule has 0 saturated heterocycles. The van der Waals surface area contributed by atoms with Crippen LogP contribution in [-0.2, 0) is 20.9 Å². The molecule has 0 atom stereocenters. The Hall–Kier alpha value is -3.48. The summed E-state index contributed by atoms with van der Waals surface area (Å²) >= 11 is 0. The van der Waals surface area contributed by atoms with Gasteiger partial charge >= 0.3 is 5.97 Å². The zero-order valence-corrected chi connectivity index (χ0v) is 13.6. The lowest BCUT2D eigenvalue weighted by molar-refractivity contribution is -0.143. The Labute approximate surface area is 148 Å². The van der Waals surface area contributed by atoms with Crippen molar-refractivity contribution in [2.75, 3.05) is 6.61 Å². The van der Waals surface area contributed by atoms with Gasteiger partial charge in [0.1, 0.15) is 11.3 Å². The number of ether oxygens (including phenoxy) is 1. The normalized spacial score (nSPS) is 11.0. The van der Waals surface area contributed by atoms with Crippen molar-refractivity contribution in [3.05, 3.63) is 71.9 Å². The Bertz CT molecular complexity index is 915. The number of amides is 1. The topological polar surface area (TPSA) is 81.4 Å². The molecule has 0 unspecified atom stereocenters.